The lowest BCUT2D eigenvalue weighted by atomic mass is 9.84. The molecule has 82 valence electrons. The molecule has 2 atom stereocenters. The van der Waals surface area contributed by atoms with Crippen molar-refractivity contribution in [3.05, 3.63) is 24.5 Å². The second-order valence-corrected chi connectivity index (χ2v) is 4.41. The molecule has 0 radical (unpaired) electrons. The summed E-state index contributed by atoms with van der Waals surface area (Å²) in [5.41, 5.74) is 0. The SMILES string of the molecule is O=C(O)CC1CCCC(n2cccc2)C1. The number of aromatic nitrogens is 1. The first kappa shape index (κ1) is 10.3. The zero-order valence-electron chi connectivity index (χ0n) is 8.80. The van der Waals surface area contributed by atoms with Gasteiger partial charge in [0.1, 0.15) is 0 Å². The molecular weight excluding hydrogens is 190 g/mol. The van der Waals surface area contributed by atoms with E-state index in [1.54, 1.807) is 0 Å². The predicted octanol–water partition coefficient (Wildman–Crippen LogP) is 2.69. The number of hydrogen-bond donors (Lipinski definition) is 1. The Hall–Kier alpha value is -1.25. The van der Waals surface area contributed by atoms with E-state index in [4.69, 9.17) is 5.11 Å². The summed E-state index contributed by atoms with van der Waals surface area (Å²) in [4.78, 5) is 10.7. The first-order valence-electron chi connectivity index (χ1n) is 5.60. The number of aliphatic carboxylic acids is 1. The van der Waals surface area contributed by atoms with Gasteiger partial charge < -0.3 is 9.67 Å². The van der Waals surface area contributed by atoms with Gasteiger partial charge in [-0.15, -0.1) is 0 Å². The van der Waals surface area contributed by atoms with Gasteiger partial charge in [-0.3, -0.25) is 4.79 Å². The van der Waals surface area contributed by atoms with Gasteiger partial charge in [-0.2, -0.15) is 0 Å². The number of nitrogens with zero attached hydrogens (tertiary/aromatic N) is 1. The average Bonchev–Trinajstić information content (AvgIpc) is 2.69. The molecule has 1 N–H and O–H groups in total. The van der Waals surface area contributed by atoms with Gasteiger partial charge in [0, 0.05) is 24.9 Å². The molecule has 1 aliphatic carbocycles. The van der Waals surface area contributed by atoms with Gasteiger partial charge in [0.2, 0.25) is 0 Å². The van der Waals surface area contributed by atoms with Crippen molar-refractivity contribution >= 4 is 5.97 Å². The minimum atomic E-state index is -0.659. The molecule has 1 heterocycles. The first-order valence-corrected chi connectivity index (χ1v) is 5.60. The summed E-state index contributed by atoms with van der Waals surface area (Å²) in [5.74, 6) is -0.295. The van der Waals surface area contributed by atoms with Crippen molar-refractivity contribution in [2.24, 2.45) is 5.92 Å². The van der Waals surface area contributed by atoms with Gasteiger partial charge in [0.25, 0.3) is 0 Å². The minimum Gasteiger partial charge on any atom is -0.481 e. The summed E-state index contributed by atoms with van der Waals surface area (Å²) < 4.78 is 2.22. The smallest absolute Gasteiger partial charge is 0.303 e. The summed E-state index contributed by atoms with van der Waals surface area (Å²) in [5, 5.41) is 8.78. The Bertz CT molecular complexity index is 318. The highest BCUT2D eigenvalue weighted by atomic mass is 16.4. The molecule has 0 spiro atoms. The lowest BCUT2D eigenvalue weighted by Crippen LogP contribution is -2.20. The molecule has 0 bridgehead atoms. The third kappa shape index (κ3) is 2.61. The monoisotopic (exact) mass is 207 g/mol. The van der Waals surface area contributed by atoms with Crippen LogP contribution in [0.15, 0.2) is 24.5 Å². The highest BCUT2D eigenvalue weighted by Gasteiger charge is 2.24. The maximum atomic E-state index is 10.7. The van der Waals surface area contributed by atoms with Crippen molar-refractivity contribution in [1.29, 1.82) is 0 Å². The fraction of sp³-hybridized carbons (Fsp3) is 0.583. The zero-order chi connectivity index (χ0) is 10.7. The number of carboxylic acid groups (broad SMARTS) is 1. The molecule has 3 heteroatoms. The fourth-order valence-electron chi connectivity index (χ4n) is 2.56. The molecule has 1 aromatic rings. The zero-order valence-corrected chi connectivity index (χ0v) is 8.80. The summed E-state index contributed by atoms with van der Waals surface area (Å²) in [6, 6.07) is 4.57. The average molecular weight is 207 g/mol. The van der Waals surface area contributed by atoms with Crippen LogP contribution in [0.25, 0.3) is 0 Å². The largest absolute Gasteiger partial charge is 0.481 e. The second kappa shape index (κ2) is 4.51. The lowest BCUT2D eigenvalue weighted by Gasteiger charge is -2.29. The van der Waals surface area contributed by atoms with Crippen molar-refractivity contribution in [3.63, 3.8) is 0 Å². The summed E-state index contributed by atoms with van der Waals surface area (Å²) >= 11 is 0. The Kier molecular flexibility index (Phi) is 3.09. The van der Waals surface area contributed by atoms with Crippen LogP contribution in [0.5, 0.6) is 0 Å². The number of carboxylic acids is 1. The van der Waals surface area contributed by atoms with Crippen molar-refractivity contribution in [2.45, 2.75) is 38.1 Å². The van der Waals surface area contributed by atoms with Crippen LogP contribution in [0.4, 0.5) is 0 Å². The molecule has 2 unspecified atom stereocenters. The maximum absolute atomic E-state index is 10.7. The summed E-state index contributed by atoms with van der Waals surface area (Å²) in [6.07, 6.45) is 8.91. The molecule has 2 rings (SSSR count). The summed E-state index contributed by atoms with van der Waals surface area (Å²) in [6.45, 7) is 0. The van der Waals surface area contributed by atoms with Gasteiger partial charge in [-0.05, 0) is 37.3 Å². The quantitative estimate of drug-likeness (QED) is 0.828. The van der Waals surface area contributed by atoms with Crippen LogP contribution in [0.2, 0.25) is 0 Å². The topological polar surface area (TPSA) is 42.2 Å². The highest BCUT2D eigenvalue weighted by molar-refractivity contribution is 5.67. The van der Waals surface area contributed by atoms with Crippen molar-refractivity contribution in [3.8, 4) is 0 Å². The van der Waals surface area contributed by atoms with Crippen LogP contribution >= 0.6 is 0 Å². The molecular formula is C12H17NO2. The minimum absolute atomic E-state index is 0.331. The maximum Gasteiger partial charge on any atom is 0.303 e. The Morgan fingerprint density at radius 3 is 2.73 bits per heavy atom. The number of rotatable bonds is 3. The molecule has 1 saturated carbocycles. The van der Waals surface area contributed by atoms with E-state index in [1.165, 1.54) is 6.42 Å². The molecule has 0 saturated heterocycles. The van der Waals surface area contributed by atoms with Gasteiger partial charge >= 0.3 is 5.97 Å². The molecule has 0 aromatic carbocycles. The lowest BCUT2D eigenvalue weighted by molar-refractivity contribution is -0.138. The van der Waals surface area contributed by atoms with Gasteiger partial charge in [-0.25, -0.2) is 0 Å². The number of hydrogen-bond acceptors (Lipinski definition) is 1. The standard InChI is InChI=1S/C12H17NO2/c14-12(15)9-10-4-3-5-11(8-10)13-6-1-2-7-13/h1-2,6-7,10-11H,3-5,8-9H2,(H,14,15). The van der Waals surface area contributed by atoms with Gasteiger partial charge in [0.15, 0.2) is 0 Å². The van der Waals surface area contributed by atoms with E-state index in [0.29, 0.717) is 18.4 Å². The third-order valence-electron chi connectivity index (χ3n) is 3.27. The molecule has 0 amide bonds. The Balaban J connectivity index is 1.95. The van der Waals surface area contributed by atoms with Gasteiger partial charge in [-0.1, -0.05) is 6.42 Å². The van der Waals surface area contributed by atoms with Gasteiger partial charge in [0.05, 0.1) is 0 Å². The normalized spacial score (nSPS) is 26.4. The third-order valence-corrected chi connectivity index (χ3v) is 3.27. The van der Waals surface area contributed by atoms with E-state index in [2.05, 4.69) is 17.0 Å². The van der Waals surface area contributed by atoms with Crippen LogP contribution in [0, 0.1) is 5.92 Å². The first-order chi connectivity index (χ1) is 7.25. The molecule has 1 fully saturated rings. The Morgan fingerprint density at radius 2 is 2.07 bits per heavy atom. The van der Waals surface area contributed by atoms with E-state index in [9.17, 15) is 4.79 Å². The van der Waals surface area contributed by atoms with Crippen LogP contribution in [0.1, 0.15) is 38.1 Å². The molecule has 3 nitrogen and oxygen atoms in total. The number of carbonyl (C=O) groups is 1. The van der Waals surface area contributed by atoms with E-state index >= 15 is 0 Å². The van der Waals surface area contributed by atoms with E-state index in [1.807, 2.05) is 12.1 Å². The fourth-order valence-corrected chi connectivity index (χ4v) is 2.56. The van der Waals surface area contributed by atoms with E-state index in [0.717, 1.165) is 19.3 Å². The van der Waals surface area contributed by atoms with E-state index in [-0.39, 0.29) is 0 Å². The summed E-state index contributed by atoms with van der Waals surface area (Å²) in [7, 11) is 0. The Labute approximate surface area is 89.7 Å². The van der Waals surface area contributed by atoms with Crippen molar-refractivity contribution < 1.29 is 9.90 Å². The van der Waals surface area contributed by atoms with Crippen LogP contribution < -0.4 is 0 Å². The Morgan fingerprint density at radius 1 is 1.33 bits per heavy atom. The van der Waals surface area contributed by atoms with Crippen molar-refractivity contribution in [2.75, 3.05) is 0 Å². The predicted molar refractivity (Wildman–Crippen MR) is 57.7 cm³/mol. The molecule has 0 aliphatic heterocycles. The second-order valence-electron chi connectivity index (χ2n) is 4.41. The van der Waals surface area contributed by atoms with Crippen LogP contribution in [0.3, 0.4) is 0 Å². The van der Waals surface area contributed by atoms with Crippen molar-refractivity contribution in [1.82, 2.24) is 4.57 Å². The molecule has 1 aromatic heterocycles. The molecule has 1 aliphatic rings. The highest BCUT2D eigenvalue weighted by Crippen LogP contribution is 2.34. The van der Waals surface area contributed by atoms with Crippen LogP contribution in [-0.2, 0) is 4.79 Å². The van der Waals surface area contributed by atoms with Crippen LogP contribution in [-0.4, -0.2) is 15.6 Å². The molecule has 15 heavy (non-hydrogen) atoms. The van der Waals surface area contributed by atoms with E-state index < -0.39 is 5.97 Å².